The molecule has 5 rings (SSSR count). The van der Waals surface area contributed by atoms with Gasteiger partial charge in [0.25, 0.3) is 5.56 Å². The third kappa shape index (κ3) is 6.03. The number of ether oxygens (including phenoxy) is 1. The van der Waals surface area contributed by atoms with E-state index in [0.29, 0.717) is 39.5 Å². The summed E-state index contributed by atoms with van der Waals surface area (Å²) in [4.78, 5) is 33.9. The number of hydrogen-bond acceptors (Lipinski definition) is 6. The lowest BCUT2D eigenvalue weighted by Crippen LogP contribution is -2.27. The lowest BCUT2D eigenvalue weighted by Gasteiger charge is -2.33. The molecule has 1 atom stereocenters. The predicted molar refractivity (Wildman–Crippen MR) is 162 cm³/mol. The summed E-state index contributed by atoms with van der Waals surface area (Å²) in [5.74, 6) is 1.20. The Labute approximate surface area is 241 Å². The first kappa shape index (κ1) is 27.7. The van der Waals surface area contributed by atoms with Gasteiger partial charge in [-0.3, -0.25) is 14.2 Å². The molecule has 2 aromatic heterocycles. The number of aryl methyl sites for hydroxylation is 1. The van der Waals surface area contributed by atoms with Crippen LogP contribution in [0.1, 0.15) is 44.6 Å². The van der Waals surface area contributed by atoms with Gasteiger partial charge in [0.1, 0.15) is 10.6 Å². The molecule has 0 fully saturated rings. The molecule has 39 heavy (non-hydrogen) atoms. The van der Waals surface area contributed by atoms with Crippen LogP contribution in [0.5, 0.6) is 5.75 Å². The van der Waals surface area contributed by atoms with E-state index in [1.807, 2.05) is 31.2 Å². The van der Waals surface area contributed by atoms with Crippen molar-refractivity contribution in [1.82, 2.24) is 9.55 Å². The van der Waals surface area contributed by atoms with Crippen LogP contribution in [0.2, 0.25) is 5.02 Å². The maximum Gasteiger partial charge on any atom is 0.267 e. The minimum absolute atomic E-state index is 0.0892. The Morgan fingerprint density at radius 2 is 2.00 bits per heavy atom. The van der Waals surface area contributed by atoms with Gasteiger partial charge in [0.15, 0.2) is 5.16 Å². The molecule has 2 aromatic carbocycles. The fourth-order valence-electron chi connectivity index (χ4n) is 5.02. The van der Waals surface area contributed by atoms with Crippen LogP contribution in [0.4, 0.5) is 5.69 Å². The third-order valence-corrected chi connectivity index (χ3v) is 9.45. The number of rotatable bonds is 7. The molecule has 0 saturated heterocycles. The van der Waals surface area contributed by atoms with Gasteiger partial charge in [-0.1, -0.05) is 50.2 Å². The second-order valence-electron chi connectivity index (χ2n) is 10.8. The van der Waals surface area contributed by atoms with Gasteiger partial charge in [-0.25, -0.2) is 4.98 Å². The Morgan fingerprint density at radius 1 is 1.23 bits per heavy atom. The third-order valence-electron chi connectivity index (χ3n) is 7.12. The lowest BCUT2D eigenvalue weighted by molar-refractivity contribution is -0.113. The summed E-state index contributed by atoms with van der Waals surface area (Å²) >= 11 is 8.93. The van der Waals surface area contributed by atoms with Gasteiger partial charge in [-0.2, -0.15) is 0 Å². The number of nitrogens with zero attached hydrogens (tertiary/aromatic N) is 2. The van der Waals surface area contributed by atoms with E-state index in [2.05, 4.69) is 26.1 Å². The summed E-state index contributed by atoms with van der Waals surface area (Å²) in [7, 11) is 0. The average Bonchev–Trinajstić information content (AvgIpc) is 3.26. The fraction of sp³-hybridized carbons (Fsp3) is 0.367. The maximum absolute atomic E-state index is 14.1. The number of benzene rings is 2. The second kappa shape index (κ2) is 11.4. The van der Waals surface area contributed by atoms with E-state index < -0.39 is 0 Å². The van der Waals surface area contributed by atoms with Crippen LogP contribution in [0.25, 0.3) is 15.9 Å². The number of aromatic nitrogens is 2. The summed E-state index contributed by atoms with van der Waals surface area (Å²) in [6.07, 6.45) is 2.91. The maximum atomic E-state index is 14.1. The van der Waals surface area contributed by atoms with E-state index in [1.165, 1.54) is 16.6 Å². The zero-order chi connectivity index (χ0) is 27.7. The van der Waals surface area contributed by atoms with Crippen molar-refractivity contribution in [1.29, 1.82) is 0 Å². The van der Waals surface area contributed by atoms with Crippen LogP contribution >= 0.6 is 34.7 Å². The molecule has 1 aliphatic rings. The van der Waals surface area contributed by atoms with Gasteiger partial charge >= 0.3 is 0 Å². The topological polar surface area (TPSA) is 73.2 Å². The Balaban J connectivity index is 1.52. The van der Waals surface area contributed by atoms with Crippen molar-refractivity contribution in [2.24, 2.45) is 11.3 Å². The van der Waals surface area contributed by atoms with E-state index in [4.69, 9.17) is 21.3 Å². The second-order valence-corrected chi connectivity index (χ2v) is 13.3. The molecule has 1 aliphatic carbocycles. The molecule has 0 bridgehead atoms. The monoisotopic (exact) mass is 581 g/mol. The molecule has 0 aliphatic heterocycles. The fourth-order valence-corrected chi connectivity index (χ4v) is 7.37. The minimum Gasteiger partial charge on any atom is -0.494 e. The van der Waals surface area contributed by atoms with Crippen LogP contribution in [0, 0.1) is 11.3 Å². The predicted octanol–water partition coefficient (Wildman–Crippen LogP) is 7.38. The zero-order valence-corrected chi connectivity index (χ0v) is 24.9. The Morgan fingerprint density at radius 3 is 2.69 bits per heavy atom. The number of carbonyl (C=O) groups excluding carboxylic acids is 1. The summed E-state index contributed by atoms with van der Waals surface area (Å²) in [5.41, 5.74) is 2.58. The number of anilines is 1. The minimum atomic E-state index is -0.201. The molecule has 1 unspecified atom stereocenters. The molecule has 204 valence electrons. The molecular weight excluding hydrogens is 550 g/mol. The highest BCUT2D eigenvalue weighted by Gasteiger charge is 2.32. The van der Waals surface area contributed by atoms with Crippen LogP contribution in [0.15, 0.2) is 58.5 Å². The van der Waals surface area contributed by atoms with Gasteiger partial charge in [-0.05, 0) is 85.5 Å². The smallest absolute Gasteiger partial charge is 0.267 e. The van der Waals surface area contributed by atoms with Crippen LogP contribution in [0.3, 0.4) is 0 Å². The first-order chi connectivity index (χ1) is 18.6. The Kier molecular flexibility index (Phi) is 8.08. The number of fused-ring (bicyclic) bond motifs is 3. The normalized spacial score (nSPS) is 15.3. The van der Waals surface area contributed by atoms with E-state index in [0.717, 1.165) is 35.4 Å². The zero-order valence-electron chi connectivity index (χ0n) is 22.5. The summed E-state index contributed by atoms with van der Waals surface area (Å²) in [6, 6.07) is 14.5. The molecule has 0 saturated carbocycles. The van der Waals surface area contributed by atoms with Crippen molar-refractivity contribution in [3.8, 4) is 11.4 Å². The highest BCUT2D eigenvalue weighted by molar-refractivity contribution is 7.99. The quantitative estimate of drug-likeness (QED) is 0.182. The Hall–Kier alpha value is -2.81. The van der Waals surface area contributed by atoms with Crippen molar-refractivity contribution in [2.75, 3.05) is 17.7 Å². The highest BCUT2D eigenvalue weighted by Crippen LogP contribution is 2.42. The first-order valence-corrected chi connectivity index (χ1v) is 15.3. The largest absolute Gasteiger partial charge is 0.494 e. The summed E-state index contributed by atoms with van der Waals surface area (Å²) < 4.78 is 7.24. The number of halogens is 1. The Bertz CT molecular complexity index is 1570. The number of carbonyl (C=O) groups is 1. The molecule has 4 aromatic rings. The highest BCUT2D eigenvalue weighted by atomic mass is 35.5. The van der Waals surface area contributed by atoms with Crippen molar-refractivity contribution < 1.29 is 9.53 Å². The molecular formula is C30H32ClN3O3S2. The average molecular weight is 582 g/mol. The summed E-state index contributed by atoms with van der Waals surface area (Å²) in [6.45, 7) is 9.36. The first-order valence-electron chi connectivity index (χ1n) is 13.1. The van der Waals surface area contributed by atoms with Gasteiger partial charge in [0.05, 0.1) is 23.4 Å². The molecule has 0 spiro atoms. The van der Waals surface area contributed by atoms with Crippen LogP contribution in [-0.2, 0) is 17.6 Å². The molecule has 0 radical (unpaired) electrons. The summed E-state index contributed by atoms with van der Waals surface area (Å²) in [5, 5.41) is 4.62. The number of hydrogen-bond donors (Lipinski definition) is 1. The number of thiophene rings is 1. The van der Waals surface area contributed by atoms with Crippen molar-refractivity contribution >= 4 is 56.5 Å². The molecule has 2 heterocycles. The van der Waals surface area contributed by atoms with E-state index >= 15 is 0 Å². The van der Waals surface area contributed by atoms with E-state index in [-0.39, 0.29) is 22.6 Å². The molecule has 1 amide bonds. The van der Waals surface area contributed by atoms with Crippen LogP contribution in [-0.4, -0.2) is 27.8 Å². The molecule has 9 heteroatoms. The van der Waals surface area contributed by atoms with Crippen LogP contribution < -0.4 is 15.6 Å². The van der Waals surface area contributed by atoms with Crippen molar-refractivity contribution in [2.45, 2.75) is 52.1 Å². The van der Waals surface area contributed by atoms with Gasteiger partial charge in [-0.15, -0.1) is 11.3 Å². The standard InChI is InChI=1S/C30H32ClN3O3S2/c1-5-37-22-12-10-21(11-13-22)34-28(36)26-23-14-9-18(30(2,3)4)15-24(23)39-27(26)33-29(34)38-17-25(35)32-20-8-6-7-19(31)16-20/h6-8,10-13,16,18H,5,9,14-15,17H2,1-4H3,(H,32,35). The van der Waals surface area contributed by atoms with Gasteiger partial charge in [0, 0.05) is 15.6 Å². The number of thioether (sulfide) groups is 1. The van der Waals surface area contributed by atoms with Gasteiger partial charge < -0.3 is 10.1 Å². The van der Waals surface area contributed by atoms with Gasteiger partial charge in [0.2, 0.25) is 5.91 Å². The SMILES string of the molecule is CCOc1ccc(-n2c(SCC(=O)Nc3cccc(Cl)c3)nc3sc4c(c3c2=O)CCC(C(C)(C)C)C4)cc1. The van der Waals surface area contributed by atoms with Crippen molar-refractivity contribution in [3.05, 3.63) is 74.3 Å². The van der Waals surface area contributed by atoms with Crippen molar-refractivity contribution in [3.63, 3.8) is 0 Å². The van der Waals surface area contributed by atoms with E-state index in [1.54, 1.807) is 40.2 Å². The number of amides is 1. The molecule has 1 N–H and O–H groups in total. The number of nitrogens with one attached hydrogen (secondary N) is 1. The lowest BCUT2D eigenvalue weighted by atomic mass is 9.72. The molecule has 6 nitrogen and oxygen atoms in total. The van der Waals surface area contributed by atoms with E-state index in [9.17, 15) is 9.59 Å².